The number of aromatic nitrogens is 1. The second kappa shape index (κ2) is 7.18. The summed E-state index contributed by atoms with van der Waals surface area (Å²) >= 11 is 1.91. The van der Waals surface area contributed by atoms with Gasteiger partial charge in [-0.05, 0) is 26.8 Å². The Labute approximate surface area is 132 Å². The Hall–Kier alpha value is -0.490. The number of aryl methyl sites for hydroxylation is 1. The molecule has 118 valence electrons. The predicted octanol–water partition coefficient (Wildman–Crippen LogP) is 2.23. The number of hydrogen-bond donors (Lipinski definition) is 1. The van der Waals surface area contributed by atoms with Crippen LogP contribution in [-0.4, -0.2) is 54.1 Å². The molecule has 2 fully saturated rings. The van der Waals surface area contributed by atoms with Gasteiger partial charge < -0.3 is 10.2 Å². The van der Waals surface area contributed by atoms with Gasteiger partial charge in [0.2, 0.25) is 0 Å². The number of hydrogen-bond acceptors (Lipinski definition) is 5. The van der Waals surface area contributed by atoms with Gasteiger partial charge in [-0.15, -0.1) is 11.3 Å². The van der Waals surface area contributed by atoms with Crippen LogP contribution in [0.15, 0.2) is 0 Å². The lowest BCUT2D eigenvalue weighted by molar-refractivity contribution is 0.148. The van der Waals surface area contributed by atoms with Crippen LogP contribution in [0, 0.1) is 6.92 Å². The molecule has 0 bridgehead atoms. The molecule has 1 aliphatic heterocycles. The van der Waals surface area contributed by atoms with Crippen LogP contribution in [0.1, 0.15) is 41.3 Å². The molecule has 4 nitrogen and oxygen atoms in total. The fourth-order valence-electron chi connectivity index (χ4n) is 3.28. The summed E-state index contributed by atoms with van der Waals surface area (Å²) in [5.41, 5.74) is 1.23. The molecule has 1 aromatic heterocycles. The second-order valence-corrected chi connectivity index (χ2v) is 7.73. The zero-order valence-electron chi connectivity index (χ0n) is 13.4. The standard InChI is InChI=1S/C16H28N4S/c1-13-15(11-17-14-5-3-4-6-14)21-16(18-13)12-20-9-7-19(2)8-10-20/h14,17H,3-12H2,1-2H3. The largest absolute Gasteiger partial charge is 0.309 e. The lowest BCUT2D eigenvalue weighted by atomic mass is 10.2. The van der Waals surface area contributed by atoms with Gasteiger partial charge in [-0.1, -0.05) is 12.8 Å². The molecule has 3 rings (SSSR count). The van der Waals surface area contributed by atoms with Crippen molar-refractivity contribution in [3.63, 3.8) is 0 Å². The van der Waals surface area contributed by atoms with Crippen molar-refractivity contribution in [1.29, 1.82) is 0 Å². The summed E-state index contributed by atoms with van der Waals surface area (Å²) in [5.74, 6) is 0. The van der Waals surface area contributed by atoms with E-state index >= 15 is 0 Å². The first-order chi connectivity index (χ1) is 10.2. The molecule has 21 heavy (non-hydrogen) atoms. The Bertz CT molecular complexity index is 445. The molecule has 5 heteroatoms. The second-order valence-electron chi connectivity index (χ2n) is 6.56. The van der Waals surface area contributed by atoms with Crippen molar-refractivity contribution in [2.75, 3.05) is 33.2 Å². The zero-order chi connectivity index (χ0) is 14.7. The van der Waals surface area contributed by atoms with Gasteiger partial charge in [-0.2, -0.15) is 0 Å². The van der Waals surface area contributed by atoms with E-state index in [1.807, 2.05) is 11.3 Å². The van der Waals surface area contributed by atoms with Gasteiger partial charge in [-0.25, -0.2) is 4.98 Å². The van der Waals surface area contributed by atoms with Crippen LogP contribution in [0.5, 0.6) is 0 Å². The third kappa shape index (κ3) is 4.25. The van der Waals surface area contributed by atoms with E-state index in [4.69, 9.17) is 4.98 Å². The normalized spacial score (nSPS) is 22.2. The van der Waals surface area contributed by atoms with Gasteiger partial charge in [0.1, 0.15) is 5.01 Å². The van der Waals surface area contributed by atoms with Crippen LogP contribution in [0.3, 0.4) is 0 Å². The highest BCUT2D eigenvalue weighted by Gasteiger charge is 2.18. The van der Waals surface area contributed by atoms with Crippen LogP contribution < -0.4 is 5.32 Å². The van der Waals surface area contributed by atoms with Crippen molar-refractivity contribution in [3.05, 3.63) is 15.6 Å². The van der Waals surface area contributed by atoms with E-state index in [0.717, 1.165) is 19.1 Å². The minimum atomic E-state index is 0.743. The highest BCUT2D eigenvalue weighted by molar-refractivity contribution is 7.11. The van der Waals surface area contributed by atoms with E-state index in [1.165, 1.54) is 67.4 Å². The Kier molecular flexibility index (Phi) is 5.27. The Morgan fingerprint density at radius 2 is 1.90 bits per heavy atom. The molecule has 1 aliphatic carbocycles. The average Bonchev–Trinajstić information content (AvgIpc) is 3.09. The van der Waals surface area contributed by atoms with Gasteiger partial charge in [0, 0.05) is 43.6 Å². The maximum atomic E-state index is 4.79. The van der Waals surface area contributed by atoms with Crippen LogP contribution >= 0.6 is 11.3 Å². The highest BCUT2D eigenvalue weighted by Crippen LogP contribution is 2.22. The number of piperazine rings is 1. The maximum Gasteiger partial charge on any atom is 0.107 e. The highest BCUT2D eigenvalue weighted by atomic mass is 32.1. The molecule has 2 heterocycles. The minimum absolute atomic E-state index is 0.743. The van der Waals surface area contributed by atoms with Crippen molar-refractivity contribution < 1.29 is 0 Å². The summed E-state index contributed by atoms with van der Waals surface area (Å²) in [6.45, 7) is 8.91. The molecule has 1 saturated carbocycles. The van der Waals surface area contributed by atoms with Crippen molar-refractivity contribution in [3.8, 4) is 0 Å². The quantitative estimate of drug-likeness (QED) is 0.904. The summed E-state index contributed by atoms with van der Waals surface area (Å²) < 4.78 is 0. The first kappa shape index (κ1) is 15.4. The molecule has 0 aromatic carbocycles. The number of nitrogens with one attached hydrogen (secondary N) is 1. The molecule has 0 spiro atoms. The molecule has 2 aliphatic rings. The SMILES string of the molecule is Cc1nc(CN2CCN(C)CC2)sc1CNC1CCCC1. The van der Waals surface area contributed by atoms with Crippen molar-refractivity contribution >= 4 is 11.3 Å². The van der Waals surface area contributed by atoms with E-state index < -0.39 is 0 Å². The van der Waals surface area contributed by atoms with Crippen LogP contribution in [0.4, 0.5) is 0 Å². The number of likely N-dealkylation sites (N-methyl/N-ethyl adjacent to an activating group) is 1. The molecular formula is C16H28N4S. The predicted molar refractivity (Wildman–Crippen MR) is 88.7 cm³/mol. The molecule has 1 aromatic rings. The first-order valence-electron chi connectivity index (χ1n) is 8.30. The molecule has 0 amide bonds. The summed E-state index contributed by atoms with van der Waals surface area (Å²) in [4.78, 5) is 11.2. The third-order valence-corrected chi connectivity index (χ3v) is 5.94. The van der Waals surface area contributed by atoms with Crippen LogP contribution in [-0.2, 0) is 13.1 Å². The zero-order valence-corrected chi connectivity index (χ0v) is 14.2. The van der Waals surface area contributed by atoms with E-state index in [2.05, 4.69) is 29.1 Å². The number of thiazole rings is 1. The van der Waals surface area contributed by atoms with E-state index in [0.29, 0.717) is 0 Å². The van der Waals surface area contributed by atoms with Gasteiger partial charge in [-0.3, -0.25) is 4.90 Å². The van der Waals surface area contributed by atoms with Crippen LogP contribution in [0.2, 0.25) is 0 Å². The van der Waals surface area contributed by atoms with Crippen molar-refractivity contribution in [1.82, 2.24) is 20.1 Å². The summed E-state index contributed by atoms with van der Waals surface area (Å²) in [6.07, 6.45) is 5.50. The van der Waals surface area contributed by atoms with Gasteiger partial charge in [0.05, 0.1) is 12.2 Å². The van der Waals surface area contributed by atoms with E-state index in [1.54, 1.807) is 0 Å². The molecule has 1 N–H and O–H groups in total. The minimum Gasteiger partial charge on any atom is -0.309 e. The lowest BCUT2D eigenvalue weighted by Gasteiger charge is -2.31. The summed E-state index contributed by atoms with van der Waals surface area (Å²) in [6, 6.07) is 0.743. The monoisotopic (exact) mass is 308 g/mol. The molecule has 1 saturated heterocycles. The molecular weight excluding hydrogens is 280 g/mol. The van der Waals surface area contributed by atoms with E-state index in [-0.39, 0.29) is 0 Å². The van der Waals surface area contributed by atoms with Gasteiger partial charge in [0.15, 0.2) is 0 Å². The van der Waals surface area contributed by atoms with Crippen molar-refractivity contribution in [2.24, 2.45) is 0 Å². The number of nitrogens with zero attached hydrogens (tertiary/aromatic N) is 3. The molecule has 0 unspecified atom stereocenters. The van der Waals surface area contributed by atoms with Gasteiger partial charge in [0.25, 0.3) is 0 Å². The summed E-state index contributed by atoms with van der Waals surface area (Å²) in [5, 5.41) is 5.00. The van der Waals surface area contributed by atoms with Gasteiger partial charge >= 0.3 is 0 Å². The van der Waals surface area contributed by atoms with Crippen LogP contribution in [0.25, 0.3) is 0 Å². The van der Waals surface area contributed by atoms with E-state index in [9.17, 15) is 0 Å². The average molecular weight is 308 g/mol. The Balaban J connectivity index is 1.51. The molecule has 0 radical (unpaired) electrons. The van der Waals surface area contributed by atoms with Crippen molar-refractivity contribution in [2.45, 2.75) is 51.7 Å². The summed E-state index contributed by atoms with van der Waals surface area (Å²) in [7, 11) is 2.21. The fourth-order valence-corrected chi connectivity index (χ4v) is 4.35. The maximum absolute atomic E-state index is 4.79. The first-order valence-corrected chi connectivity index (χ1v) is 9.12. The third-order valence-electron chi connectivity index (χ3n) is 4.80. The number of rotatable bonds is 5. The fraction of sp³-hybridized carbons (Fsp3) is 0.812. The Morgan fingerprint density at radius 3 is 2.62 bits per heavy atom. The molecule has 0 atom stereocenters. The lowest BCUT2D eigenvalue weighted by Crippen LogP contribution is -2.43. The Morgan fingerprint density at radius 1 is 1.19 bits per heavy atom. The topological polar surface area (TPSA) is 31.4 Å². The smallest absolute Gasteiger partial charge is 0.107 e.